The molecule has 0 bridgehead atoms. The minimum absolute atomic E-state index is 0.00489. The van der Waals surface area contributed by atoms with Gasteiger partial charge in [0.15, 0.2) is 0 Å². The number of hydrogen-bond donors (Lipinski definition) is 0. The summed E-state index contributed by atoms with van der Waals surface area (Å²) in [6.45, 7) is 2.30. The van der Waals surface area contributed by atoms with Crippen molar-refractivity contribution in [1.82, 2.24) is 9.91 Å². The Balaban J connectivity index is 1.66. The van der Waals surface area contributed by atoms with E-state index in [1.54, 1.807) is 26.3 Å². The van der Waals surface area contributed by atoms with Crippen LogP contribution in [0.2, 0.25) is 0 Å². The highest BCUT2D eigenvalue weighted by atomic mass is 16.5. The number of rotatable bonds is 7. The largest absolute Gasteiger partial charge is 0.497 e. The van der Waals surface area contributed by atoms with Gasteiger partial charge in [-0.25, -0.2) is 5.01 Å². The van der Waals surface area contributed by atoms with Crippen molar-refractivity contribution in [3.63, 3.8) is 0 Å². The van der Waals surface area contributed by atoms with E-state index in [2.05, 4.69) is 4.90 Å². The molecule has 0 saturated carbocycles. The van der Waals surface area contributed by atoms with E-state index < -0.39 is 0 Å². The maximum Gasteiger partial charge on any atom is 0.257 e. The molecule has 2 aliphatic rings. The second kappa shape index (κ2) is 10.0. The molecule has 32 heavy (non-hydrogen) atoms. The van der Waals surface area contributed by atoms with E-state index in [0.29, 0.717) is 13.0 Å². The van der Waals surface area contributed by atoms with E-state index in [4.69, 9.17) is 19.3 Å². The van der Waals surface area contributed by atoms with Crippen LogP contribution in [0, 0.1) is 0 Å². The summed E-state index contributed by atoms with van der Waals surface area (Å²) in [5, 5.41) is 6.45. The first kappa shape index (κ1) is 22.1. The van der Waals surface area contributed by atoms with Crippen molar-refractivity contribution in [2.75, 3.05) is 41.0 Å². The molecule has 7 heteroatoms. The molecular formula is C25H31N3O4. The van der Waals surface area contributed by atoms with Crippen LogP contribution >= 0.6 is 0 Å². The Morgan fingerprint density at radius 3 is 2.28 bits per heavy atom. The molecule has 0 radical (unpaired) electrons. The SMILES string of the molecule is COc1ccc(C2=NN(C(=O)CN3CCCCC3)C(c3cc(OC)ccc3OC)C2)cc1. The van der Waals surface area contributed by atoms with Gasteiger partial charge in [0, 0.05) is 12.0 Å². The Labute approximate surface area is 189 Å². The van der Waals surface area contributed by atoms with Gasteiger partial charge in [-0.3, -0.25) is 9.69 Å². The Kier molecular flexibility index (Phi) is 6.95. The highest BCUT2D eigenvalue weighted by Gasteiger charge is 2.35. The molecule has 1 amide bonds. The summed E-state index contributed by atoms with van der Waals surface area (Å²) in [6, 6.07) is 13.2. The topological polar surface area (TPSA) is 63.6 Å². The van der Waals surface area contributed by atoms with Gasteiger partial charge in [-0.1, -0.05) is 6.42 Å². The fourth-order valence-electron chi connectivity index (χ4n) is 4.42. The molecule has 0 aliphatic carbocycles. The minimum atomic E-state index is -0.255. The highest BCUT2D eigenvalue weighted by Crippen LogP contribution is 2.39. The normalized spacial score (nSPS) is 18.9. The summed E-state index contributed by atoms with van der Waals surface area (Å²) in [7, 11) is 4.93. The van der Waals surface area contributed by atoms with Crippen LogP contribution < -0.4 is 14.2 Å². The monoisotopic (exact) mass is 437 g/mol. The Morgan fingerprint density at radius 2 is 1.62 bits per heavy atom. The summed E-state index contributed by atoms with van der Waals surface area (Å²) in [5.74, 6) is 2.24. The molecule has 0 aromatic heterocycles. The number of methoxy groups -OCH3 is 3. The second-order valence-electron chi connectivity index (χ2n) is 8.18. The molecule has 1 atom stereocenters. The molecule has 1 unspecified atom stereocenters. The Morgan fingerprint density at radius 1 is 0.938 bits per heavy atom. The van der Waals surface area contributed by atoms with E-state index in [-0.39, 0.29) is 11.9 Å². The predicted octanol–water partition coefficient (Wildman–Crippen LogP) is 3.88. The molecule has 0 spiro atoms. The molecule has 0 N–H and O–H groups in total. The third-order valence-electron chi connectivity index (χ3n) is 6.19. The summed E-state index contributed by atoms with van der Waals surface area (Å²) in [5.41, 5.74) is 2.74. The molecule has 4 rings (SSSR count). The average Bonchev–Trinajstić information content (AvgIpc) is 3.30. The maximum atomic E-state index is 13.4. The van der Waals surface area contributed by atoms with E-state index in [1.807, 2.05) is 42.5 Å². The molecular weight excluding hydrogens is 406 g/mol. The molecule has 2 heterocycles. The fourth-order valence-corrected chi connectivity index (χ4v) is 4.42. The number of amides is 1. The summed E-state index contributed by atoms with van der Waals surface area (Å²) >= 11 is 0. The summed E-state index contributed by atoms with van der Waals surface area (Å²) in [6.07, 6.45) is 4.11. The van der Waals surface area contributed by atoms with Crippen LogP contribution in [-0.2, 0) is 4.79 Å². The summed E-state index contributed by atoms with van der Waals surface area (Å²) in [4.78, 5) is 15.6. The standard InChI is InChI=1S/C25H31N3O4/c1-30-19-9-7-18(8-10-19)22-16-23(21-15-20(31-2)11-12-24(21)32-3)28(26-22)25(29)17-27-13-5-4-6-14-27/h7-12,15,23H,4-6,13-14,16-17H2,1-3H3. The summed E-state index contributed by atoms with van der Waals surface area (Å²) < 4.78 is 16.4. The third kappa shape index (κ3) is 4.72. The average molecular weight is 438 g/mol. The first-order valence-corrected chi connectivity index (χ1v) is 11.1. The van der Waals surface area contributed by atoms with Crippen LogP contribution in [0.25, 0.3) is 0 Å². The number of ether oxygens (including phenoxy) is 3. The number of likely N-dealkylation sites (tertiary alicyclic amines) is 1. The quantitative estimate of drug-likeness (QED) is 0.658. The number of benzene rings is 2. The second-order valence-corrected chi connectivity index (χ2v) is 8.18. The maximum absolute atomic E-state index is 13.4. The van der Waals surface area contributed by atoms with Gasteiger partial charge < -0.3 is 14.2 Å². The lowest BCUT2D eigenvalue weighted by molar-refractivity contribution is -0.134. The highest BCUT2D eigenvalue weighted by molar-refractivity contribution is 6.03. The fraction of sp³-hybridized carbons (Fsp3) is 0.440. The Hall–Kier alpha value is -3.06. The van der Waals surface area contributed by atoms with E-state index in [1.165, 1.54) is 6.42 Å². The van der Waals surface area contributed by atoms with Gasteiger partial charge in [-0.05, 0) is 74.0 Å². The van der Waals surface area contributed by atoms with Crippen LogP contribution in [0.15, 0.2) is 47.6 Å². The minimum Gasteiger partial charge on any atom is -0.497 e. The van der Waals surface area contributed by atoms with Gasteiger partial charge in [-0.15, -0.1) is 0 Å². The zero-order valence-electron chi connectivity index (χ0n) is 19.0. The van der Waals surface area contributed by atoms with Gasteiger partial charge in [0.2, 0.25) is 0 Å². The van der Waals surface area contributed by atoms with Crippen molar-refractivity contribution < 1.29 is 19.0 Å². The van der Waals surface area contributed by atoms with Crippen molar-refractivity contribution in [1.29, 1.82) is 0 Å². The lowest BCUT2D eigenvalue weighted by Crippen LogP contribution is -2.40. The molecule has 2 aromatic carbocycles. The molecule has 2 aliphatic heterocycles. The first-order chi connectivity index (χ1) is 15.6. The van der Waals surface area contributed by atoms with E-state index >= 15 is 0 Å². The molecule has 170 valence electrons. The van der Waals surface area contributed by atoms with Crippen molar-refractivity contribution in [3.05, 3.63) is 53.6 Å². The number of nitrogens with zero attached hydrogens (tertiary/aromatic N) is 3. The van der Waals surface area contributed by atoms with Crippen molar-refractivity contribution >= 4 is 11.6 Å². The van der Waals surface area contributed by atoms with Crippen LogP contribution in [-0.4, -0.2) is 62.5 Å². The smallest absolute Gasteiger partial charge is 0.257 e. The number of carbonyl (C=O) groups is 1. The molecule has 7 nitrogen and oxygen atoms in total. The van der Waals surface area contributed by atoms with Crippen molar-refractivity contribution in [2.24, 2.45) is 5.10 Å². The van der Waals surface area contributed by atoms with E-state index in [0.717, 1.165) is 60.0 Å². The zero-order chi connectivity index (χ0) is 22.5. The third-order valence-corrected chi connectivity index (χ3v) is 6.19. The number of hydrazone groups is 1. The Bertz CT molecular complexity index is 968. The molecule has 1 fully saturated rings. The van der Waals surface area contributed by atoms with Gasteiger partial charge in [0.05, 0.1) is 39.6 Å². The van der Waals surface area contributed by atoms with Crippen LogP contribution in [0.5, 0.6) is 17.2 Å². The number of hydrogen-bond acceptors (Lipinski definition) is 6. The molecule has 1 saturated heterocycles. The predicted molar refractivity (Wildman–Crippen MR) is 124 cm³/mol. The molecule has 2 aromatic rings. The van der Waals surface area contributed by atoms with Crippen LogP contribution in [0.4, 0.5) is 0 Å². The van der Waals surface area contributed by atoms with Gasteiger partial charge in [-0.2, -0.15) is 5.10 Å². The van der Waals surface area contributed by atoms with Gasteiger partial charge in [0.25, 0.3) is 5.91 Å². The van der Waals surface area contributed by atoms with Crippen molar-refractivity contribution in [3.8, 4) is 17.2 Å². The lowest BCUT2D eigenvalue weighted by Gasteiger charge is -2.29. The zero-order valence-corrected chi connectivity index (χ0v) is 19.0. The number of carbonyl (C=O) groups excluding carboxylic acids is 1. The van der Waals surface area contributed by atoms with Gasteiger partial charge in [0.1, 0.15) is 17.2 Å². The number of piperidine rings is 1. The van der Waals surface area contributed by atoms with Crippen molar-refractivity contribution in [2.45, 2.75) is 31.7 Å². The first-order valence-electron chi connectivity index (χ1n) is 11.1. The van der Waals surface area contributed by atoms with Crippen LogP contribution in [0.3, 0.4) is 0 Å². The lowest BCUT2D eigenvalue weighted by atomic mass is 9.97. The van der Waals surface area contributed by atoms with E-state index in [9.17, 15) is 4.79 Å². The van der Waals surface area contributed by atoms with Gasteiger partial charge >= 0.3 is 0 Å². The van der Waals surface area contributed by atoms with Crippen LogP contribution in [0.1, 0.15) is 42.9 Å².